The highest BCUT2D eigenvalue weighted by molar-refractivity contribution is 7.92. The molecular weight excluding hydrogens is 350 g/mol. The minimum absolute atomic E-state index is 0.0482. The van der Waals surface area contributed by atoms with Crippen molar-refractivity contribution in [1.29, 1.82) is 0 Å². The smallest absolute Gasteiger partial charge is 0.224 e. The molecule has 7 nitrogen and oxygen atoms in total. The topological polar surface area (TPSA) is 88.6 Å². The first-order valence-corrected chi connectivity index (χ1v) is 10.9. The number of piperidine rings is 1. The van der Waals surface area contributed by atoms with Crippen molar-refractivity contribution in [3.8, 4) is 0 Å². The molecule has 3 fully saturated rings. The molecule has 0 radical (unpaired) electrons. The van der Waals surface area contributed by atoms with E-state index in [0.717, 1.165) is 24.6 Å². The van der Waals surface area contributed by atoms with Crippen LogP contribution in [0.5, 0.6) is 0 Å². The molecule has 132 valence electrons. The third kappa shape index (κ3) is 3.35. The number of rotatable bonds is 4. The third-order valence-electron chi connectivity index (χ3n) is 5.06. The highest BCUT2D eigenvalue weighted by Gasteiger charge is 2.43. The number of aromatic nitrogens is 1. The number of nitrogens with zero attached hydrogens (tertiary/aromatic N) is 2. The number of nitrogens with one attached hydrogen (secondary N) is 1. The van der Waals surface area contributed by atoms with Crippen molar-refractivity contribution in [3.63, 3.8) is 0 Å². The summed E-state index contributed by atoms with van der Waals surface area (Å²) in [5, 5.41) is 5.90. The Morgan fingerprint density at radius 3 is 3.00 bits per heavy atom. The molecule has 3 saturated heterocycles. The molecule has 0 saturated carbocycles. The molecule has 0 spiro atoms. The van der Waals surface area contributed by atoms with Crippen molar-refractivity contribution in [1.82, 2.24) is 15.2 Å². The van der Waals surface area contributed by atoms with E-state index < -0.39 is 9.84 Å². The lowest BCUT2D eigenvalue weighted by atomic mass is 9.89. The summed E-state index contributed by atoms with van der Waals surface area (Å²) in [6.45, 7) is 2.15. The standard InChI is InChI=1S/C15H21N3O4S2/c19-15(17-11-8-24(20,21)9-11)10-5-13-12(1-3-22-13)18(6-10)7-14-16-2-4-23-14/h2,4,10-13H,1,3,5-9H2,(H,17,19)/t10-,12+,13+/m0/s1. The monoisotopic (exact) mass is 371 g/mol. The largest absolute Gasteiger partial charge is 0.377 e. The quantitative estimate of drug-likeness (QED) is 0.804. The van der Waals surface area contributed by atoms with Gasteiger partial charge >= 0.3 is 0 Å². The predicted octanol–water partition coefficient (Wildman–Crippen LogP) is 0.0357. The molecule has 0 bridgehead atoms. The molecule has 3 aliphatic rings. The third-order valence-corrected chi connectivity index (χ3v) is 7.65. The first-order valence-electron chi connectivity index (χ1n) is 8.25. The highest BCUT2D eigenvalue weighted by Crippen LogP contribution is 2.32. The van der Waals surface area contributed by atoms with Gasteiger partial charge in [-0.1, -0.05) is 0 Å². The molecule has 1 aromatic heterocycles. The molecule has 1 aromatic rings. The van der Waals surface area contributed by atoms with Crippen molar-refractivity contribution in [2.24, 2.45) is 5.92 Å². The van der Waals surface area contributed by atoms with E-state index in [1.807, 2.05) is 5.38 Å². The van der Waals surface area contributed by atoms with Crippen molar-refractivity contribution >= 4 is 27.1 Å². The van der Waals surface area contributed by atoms with Gasteiger partial charge in [0.1, 0.15) is 5.01 Å². The van der Waals surface area contributed by atoms with Gasteiger partial charge in [-0.05, 0) is 12.8 Å². The molecule has 4 heterocycles. The van der Waals surface area contributed by atoms with Gasteiger partial charge in [0.25, 0.3) is 0 Å². The van der Waals surface area contributed by atoms with Gasteiger partial charge in [0.05, 0.1) is 36.1 Å². The lowest BCUT2D eigenvalue weighted by Crippen LogP contribution is -2.57. The number of carbonyl (C=O) groups excluding carboxylic acids is 1. The fourth-order valence-electron chi connectivity index (χ4n) is 3.90. The van der Waals surface area contributed by atoms with Crippen LogP contribution in [0.25, 0.3) is 0 Å². The maximum atomic E-state index is 12.5. The van der Waals surface area contributed by atoms with Crippen molar-refractivity contribution < 1.29 is 17.9 Å². The number of ether oxygens (including phenoxy) is 1. The van der Waals surface area contributed by atoms with Crippen molar-refractivity contribution in [3.05, 3.63) is 16.6 Å². The van der Waals surface area contributed by atoms with E-state index in [1.165, 1.54) is 0 Å². The molecule has 24 heavy (non-hydrogen) atoms. The lowest BCUT2D eigenvalue weighted by Gasteiger charge is -2.40. The van der Waals surface area contributed by atoms with Gasteiger partial charge < -0.3 is 10.1 Å². The fraction of sp³-hybridized carbons (Fsp3) is 0.733. The first kappa shape index (κ1) is 16.4. The second kappa shape index (κ2) is 6.36. The van der Waals surface area contributed by atoms with Gasteiger partial charge in [0.15, 0.2) is 9.84 Å². The second-order valence-electron chi connectivity index (χ2n) is 6.84. The van der Waals surface area contributed by atoms with Crippen LogP contribution in [-0.2, 0) is 25.9 Å². The summed E-state index contributed by atoms with van der Waals surface area (Å²) in [7, 11) is -2.92. The zero-order valence-electron chi connectivity index (χ0n) is 13.3. The molecule has 1 N–H and O–H groups in total. The van der Waals surface area contributed by atoms with Crippen LogP contribution in [0.3, 0.4) is 0 Å². The van der Waals surface area contributed by atoms with Crippen LogP contribution >= 0.6 is 11.3 Å². The normalized spacial score (nSPS) is 32.9. The van der Waals surface area contributed by atoms with Crippen LogP contribution < -0.4 is 5.32 Å². The van der Waals surface area contributed by atoms with Gasteiger partial charge in [-0.2, -0.15) is 0 Å². The lowest BCUT2D eigenvalue weighted by molar-refractivity contribution is -0.130. The van der Waals surface area contributed by atoms with Crippen LogP contribution in [0.4, 0.5) is 0 Å². The molecule has 4 rings (SSSR count). The van der Waals surface area contributed by atoms with Gasteiger partial charge in [0.2, 0.25) is 5.91 Å². The maximum Gasteiger partial charge on any atom is 0.224 e. The average Bonchev–Trinajstić information content (AvgIpc) is 3.15. The van der Waals surface area contributed by atoms with E-state index in [4.69, 9.17) is 4.74 Å². The zero-order valence-corrected chi connectivity index (χ0v) is 14.9. The number of amides is 1. The van der Waals surface area contributed by atoms with Gasteiger partial charge in [-0.25, -0.2) is 13.4 Å². The van der Waals surface area contributed by atoms with Crippen LogP contribution in [0, 0.1) is 5.92 Å². The van der Waals surface area contributed by atoms with E-state index in [-0.39, 0.29) is 35.5 Å². The number of carbonyl (C=O) groups is 1. The molecule has 0 aliphatic carbocycles. The number of hydrogen-bond donors (Lipinski definition) is 1. The van der Waals surface area contributed by atoms with E-state index >= 15 is 0 Å². The van der Waals surface area contributed by atoms with Gasteiger partial charge in [0, 0.05) is 30.8 Å². The minimum Gasteiger partial charge on any atom is -0.377 e. The minimum atomic E-state index is -2.92. The summed E-state index contributed by atoms with van der Waals surface area (Å²) in [6, 6.07) is 0.124. The number of thiazole rings is 1. The van der Waals surface area contributed by atoms with E-state index in [0.29, 0.717) is 19.0 Å². The Bertz CT molecular complexity index is 694. The van der Waals surface area contributed by atoms with Crippen LogP contribution in [0.2, 0.25) is 0 Å². The summed E-state index contributed by atoms with van der Waals surface area (Å²) >= 11 is 1.62. The number of sulfone groups is 1. The van der Waals surface area contributed by atoms with E-state index in [1.54, 1.807) is 17.5 Å². The molecule has 1 amide bonds. The highest BCUT2D eigenvalue weighted by atomic mass is 32.2. The predicted molar refractivity (Wildman–Crippen MR) is 89.4 cm³/mol. The fourth-order valence-corrected chi connectivity index (χ4v) is 5.83. The van der Waals surface area contributed by atoms with Crippen molar-refractivity contribution in [2.75, 3.05) is 24.7 Å². The first-order chi connectivity index (χ1) is 11.5. The van der Waals surface area contributed by atoms with Crippen LogP contribution in [-0.4, -0.2) is 67.1 Å². The Morgan fingerprint density at radius 2 is 2.29 bits per heavy atom. The summed E-state index contributed by atoms with van der Waals surface area (Å²) in [5.74, 6) is -0.0751. The van der Waals surface area contributed by atoms with E-state index in [9.17, 15) is 13.2 Å². The average molecular weight is 371 g/mol. The molecule has 0 unspecified atom stereocenters. The number of hydrogen-bond acceptors (Lipinski definition) is 7. The Balaban J connectivity index is 1.41. The SMILES string of the molecule is O=C(NC1CS(=O)(=O)C1)[C@H]1C[C@H]2OCC[C@H]2N(Cc2nccs2)C1. The molecule has 0 aromatic carbocycles. The molecular formula is C15H21N3O4S2. The van der Waals surface area contributed by atoms with Crippen LogP contribution in [0.15, 0.2) is 11.6 Å². The molecule has 3 aliphatic heterocycles. The summed E-state index contributed by atoms with van der Waals surface area (Å²) < 4.78 is 28.3. The van der Waals surface area contributed by atoms with E-state index in [2.05, 4.69) is 15.2 Å². The Morgan fingerprint density at radius 1 is 1.46 bits per heavy atom. The van der Waals surface area contributed by atoms with Gasteiger partial charge in [-0.3, -0.25) is 9.69 Å². The number of likely N-dealkylation sites (tertiary alicyclic amines) is 1. The van der Waals surface area contributed by atoms with Crippen LogP contribution in [0.1, 0.15) is 17.8 Å². The zero-order chi connectivity index (χ0) is 16.7. The number of fused-ring (bicyclic) bond motifs is 1. The molecule has 9 heteroatoms. The van der Waals surface area contributed by atoms with Gasteiger partial charge in [-0.15, -0.1) is 11.3 Å². The molecule has 3 atom stereocenters. The summed E-state index contributed by atoms with van der Waals surface area (Å²) in [5.41, 5.74) is 0. The van der Waals surface area contributed by atoms with Crippen molar-refractivity contribution in [2.45, 2.75) is 37.6 Å². The Labute approximate surface area is 145 Å². The second-order valence-corrected chi connectivity index (χ2v) is 9.97. The summed E-state index contributed by atoms with van der Waals surface area (Å²) in [4.78, 5) is 19.2. The maximum absolute atomic E-state index is 12.5. The Hall–Kier alpha value is -1.03. The summed E-state index contributed by atoms with van der Waals surface area (Å²) in [6.07, 6.45) is 3.59. The Kier molecular flexibility index (Phi) is 4.36.